The van der Waals surface area contributed by atoms with Gasteiger partial charge >= 0.3 is 6.09 Å². The quantitative estimate of drug-likeness (QED) is 0.824. The van der Waals surface area contributed by atoms with Gasteiger partial charge in [-0.3, -0.25) is 0 Å². The predicted molar refractivity (Wildman–Crippen MR) is 95.5 cm³/mol. The second-order valence-corrected chi connectivity index (χ2v) is 6.79. The molecule has 0 spiro atoms. The number of carbonyl (C=O) groups excluding carboxylic acids is 1. The van der Waals surface area contributed by atoms with E-state index in [0.717, 1.165) is 37.0 Å². The summed E-state index contributed by atoms with van der Waals surface area (Å²) in [6.07, 6.45) is 3.12. The van der Waals surface area contributed by atoms with Crippen LogP contribution in [-0.4, -0.2) is 54.5 Å². The number of ether oxygens (including phenoxy) is 1. The number of rotatable bonds is 6. The molecule has 2 N–H and O–H groups in total. The van der Waals surface area contributed by atoms with Crippen LogP contribution in [0.15, 0.2) is 28.9 Å². The molecule has 0 saturated carbocycles. The van der Waals surface area contributed by atoms with Crippen molar-refractivity contribution in [1.29, 1.82) is 0 Å². The number of benzene rings is 1. The second-order valence-electron chi connectivity index (χ2n) is 6.79. The van der Waals surface area contributed by atoms with Gasteiger partial charge in [0.05, 0.1) is 18.5 Å². The fourth-order valence-electron chi connectivity index (χ4n) is 3.31. The summed E-state index contributed by atoms with van der Waals surface area (Å²) in [5.41, 5.74) is 0.790. The van der Waals surface area contributed by atoms with E-state index in [-0.39, 0.29) is 12.4 Å². The van der Waals surface area contributed by atoms with Gasteiger partial charge in [0.25, 0.3) is 0 Å². The molecule has 1 amide bonds. The topological polar surface area (TPSA) is 74.9 Å². The summed E-state index contributed by atoms with van der Waals surface area (Å²) in [5.74, 6) is -0.266. The van der Waals surface area contributed by atoms with E-state index in [1.807, 2.05) is 0 Å². The molecule has 3 rings (SSSR count). The molecular weight excluding hydrogens is 339 g/mol. The number of furan rings is 1. The number of likely N-dealkylation sites (tertiary alicyclic amines) is 1. The van der Waals surface area contributed by atoms with Crippen LogP contribution in [-0.2, 0) is 11.2 Å². The maximum Gasteiger partial charge on any atom is 0.407 e. The van der Waals surface area contributed by atoms with E-state index >= 15 is 0 Å². The molecule has 0 radical (unpaired) electrons. The van der Waals surface area contributed by atoms with Crippen LogP contribution in [0, 0.1) is 5.82 Å². The SMILES string of the molecule is CCOC(=O)NCC1(O)CCN(CCc2coc3ccc(F)cc23)CC1. The van der Waals surface area contributed by atoms with Gasteiger partial charge in [0, 0.05) is 31.6 Å². The van der Waals surface area contributed by atoms with Gasteiger partial charge in [0.1, 0.15) is 11.4 Å². The largest absolute Gasteiger partial charge is 0.464 e. The maximum absolute atomic E-state index is 13.4. The second kappa shape index (κ2) is 8.05. The van der Waals surface area contributed by atoms with Crippen molar-refractivity contribution in [2.24, 2.45) is 0 Å². The van der Waals surface area contributed by atoms with Gasteiger partial charge in [-0.1, -0.05) is 0 Å². The first-order chi connectivity index (χ1) is 12.5. The highest BCUT2D eigenvalue weighted by Gasteiger charge is 2.32. The van der Waals surface area contributed by atoms with Crippen LogP contribution in [0.25, 0.3) is 11.0 Å². The molecule has 1 aliphatic heterocycles. The lowest BCUT2D eigenvalue weighted by Gasteiger charge is -2.38. The minimum Gasteiger partial charge on any atom is -0.464 e. The standard InChI is InChI=1S/C19H25FN2O4/c1-2-25-18(23)21-13-19(24)6-9-22(10-7-19)8-5-14-12-26-17-4-3-15(20)11-16(14)17/h3-4,11-12,24H,2,5-10,13H2,1H3,(H,21,23). The zero-order chi connectivity index (χ0) is 18.6. The number of hydrogen-bond donors (Lipinski definition) is 2. The zero-order valence-corrected chi connectivity index (χ0v) is 15.0. The molecule has 0 bridgehead atoms. The van der Waals surface area contributed by atoms with Crippen LogP contribution in [0.3, 0.4) is 0 Å². The van der Waals surface area contributed by atoms with Crippen LogP contribution in [0.4, 0.5) is 9.18 Å². The van der Waals surface area contributed by atoms with Crippen molar-refractivity contribution in [2.75, 3.05) is 32.8 Å². The summed E-state index contributed by atoms with van der Waals surface area (Å²) in [4.78, 5) is 13.6. The van der Waals surface area contributed by atoms with Crippen LogP contribution in [0.5, 0.6) is 0 Å². The Morgan fingerprint density at radius 1 is 1.42 bits per heavy atom. The van der Waals surface area contributed by atoms with Gasteiger partial charge in [0.2, 0.25) is 0 Å². The van der Waals surface area contributed by atoms with Crippen molar-refractivity contribution in [3.8, 4) is 0 Å². The number of amides is 1. The van der Waals surface area contributed by atoms with Crippen molar-refractivity contribution in [1.82, 2.24) is 10.2 Å². The first-order valence-corrected chi connectivity index (χ1v) is 9.00. The molecule has 2 heterocycles. The van der Waals surface area contributed by atoms with Crippen molar-refractivity contribution < 1.29 is 23.4 Å². The normalized spacial score (nSPS) is 17.3. The molecule has 1 aromatic heterocycles. The molecule has 142 valence electrons. The van der Waals surface area contributed by atoms with E-state index in [0.29, 0.717) is 25.0 Å². The maximum atomic E-state index is 13.4. The van der Waals surface area contributed by atoms with Crippen molar-refractivity contribution >= 4 is 17.1 Å². The van der Waals surface area contributed by atoms with Gasteiger partial charge in [-0.25, -0.2) is 9.18 Å². The van der Waals surface area contributed by atoms with E-state index in [1.165, 1.54) is 12.1 Å². The molecule has 1 aromatic carbocycles. The summed E-state index contributed by atoms with van der Waals surface area (Å²) in [5, 5.41) is 14.0. The molecule has 2 aromatic rings. The van der Waals surface area contributed by atoms with E-state index in [4.69, 9.17) is 9.15 Å². The molecule has 6 nitrogen and oxygen atoms in total. The highest BCUT2D eigenvalue weighted by Crippen LogP contribution is 2.25. The third-order valence-electron chi connectivity index (χ3n) is 4.94. The van der Waals surface area contributed by atoms with Gasteiger partial charge < -0.3 is 24.5 Å². The average molecular weight is 364 g/mol. The summed E-state index contributed by atoms with van der Waals surface area (Å²) in [7, 11) is 0. The van der Waals surface area contributed by atoms with Crippen molar-refractivity contribution in [3.63, 3.8) is 0 Å². The molecule has 26 heavy (non-hydrogen) atoms. The predicted octanol–water partition coefficient (Wildman–Crippen LogP) is 2.69. The van der Waals surface area contributed by atoms with Gasteiger partial charge in [-0.15, -0.1) is 0 Å². The molecule has 1 saturated heterocycles. The lowest BCUT2D eigenvalue weighted by Crippen LogP contribution is -2.51. The Morgan fingerprint density at radius 2 is 2.19 bits per heavy atom. The number of halogens is 1. The third-order valence-corrected chi connectivity index (χ3v) is 4.94. The first kappa shape index (κ1) is 18.7. The lowest BCUT2D eigenvalue weighted by molar-refractivity contribution is -0.0194. The van der Waals surface area contributed by atoms with E-state index in [2.05, 4.69) is 10.2 Å². The first-order valence-electron chi connectivity index (χ1n) is 9.00. The minimum atomic E-state index is -0.894. The number of fused-ring (bicyclic) bond motifs is 1. The Balaban J connectivity index is 1.48. The van der Waals surface area contributed by atoms with Gasteiger partial charge in [-0.2, -0.15) is 0 Å². The molecule has 0 atom stereocenters. The van der Waals surface area contributed by atoms with Gasteiger partial charge in [-0.05, 0) is 49.9 Å². The molecule has 1 aliphatic rings. The van der Waals surface area contributed by atoms with E-state index in [9.17, 15) is 14.3 Å². The fourth-order valence-corrected chi connectivity index (χ4v) is 3.31. The smallest absolute Gasteiger partial charge is 0.407 e. The van der Waals surface area contributed by atoms with Crippen LogP contribution in [0.2, 0.25) is 0 Å². The Kier molecular flexibility index (Phi) is 5.78. The van der Waals surface area contributed by atoms with Crippen molar-refractivity contribution in [3.05, 3.63) is 35.8 Å². The molecule has 7 heteroatoms. The third kappa shape index (κ3) is 4.53. The number of piperidine rings is 1. The number of alkyl carbamates (subject to hydrolysis) is 1. The van der Waals surface area contributed by atoms with Crippen LogP contribution >= 0.6 is 0 Å². The lowest BCUT2D eigenvalue weighted by atomic mass is 9.91. The molecular formula is C19H25FN2O4. The summed E-state index contributed by atoms with van der Waals surface area (Å²) in [6.45, 7) is 4.54. The number of aliphatic hydroxyl groups is 1. The number of nitrogens with one attached hydrogen (secondary N) is 1. The molecule has 0 aliphatic carbocycles. The van der Waals surface area contributed by atoms with Gasteiger partial charge in [0.15, 0.2) is 0 Å². The number of hydrogen-bond acceptors (Lipinski definition) is 5. The Bertz CT molecular complexity index is 753. The zero-order valence-electron chi connectivity index (χ0n) is 15.0. The van der Waals surface area contributed by atoms with Crippen LogP contribution < -0.4 is 5.32 Å². The number of nitrogens with zero attached hydrogens (tertiary/aromatic N) is 1. The summed E-state index contributed by atoms with van der Waals surface area (Å²) >= 11 is 0. The molecule has 1 fully saturated rings. The highest BCUT2D eigenvalue weighted by molar-refractivity contribution is 5.81. The minimum absolute atomic E-state index is 0.200. The fraction of sp³-hybridized carbons (Fsp3) is 0.526. The molecule has 0 unspecified atom stereocenters. The summed E-state index contributed by atoms with van der Waals surface area (Å²) in [6, 6.07) is 4.54. The van der Waals surface area contributed by atoms with E-state index in [1.54, 1.807) is 19.3 Å². The summed E-state index contributed by atoms with van der Waals surface area (Å²) < 4.78 is 23.7. The van der Waals surface area contributed by atoms with E-state index < -0.39 is 11.7 Å². The van der Waals surface area contributed by atoms with Crippen molar-refractivity contribution in [2.45, 2.75) is 31.8 Å². The number of carbonyl (C=O) groups is 1. The average Bonchev–Trinajstić information content (AvgIpc) is 3.02. The Morgan fingerprint density at radius 3 is 2.92 bits per heavy atom. The monoisotopic (exact) mass is 364 g/mol. The Hall–Kier alpha value is -2.12. The Labute approximate surface area is 151 Å². The van der Waals surface area contributed by atoms with Crippen LogP contribution in [0.1, 0.15) is 25.3 Å². The highest BCUT2D eigenvalue weighted by atomic mass is 19.1.